The van der Waals surface area contributed by atoms with E-state index in [0.29, 0.717) is 0 Å². The van der Waals surface area contributed by atoms with E-state index in [1.54, 1.807) is 0 Å². The van der Waals surface area contributed by atoms with E-state index in [1.807, 2.05) is 0 Å². The summed E-state index contributed by atoms with van der Waals surface area (Å²) in [6.07, 6.45) is -6.44. The van der Waals surface area contributed by atoms with Crippen LogP contribution in [0.3, 0.4) is 0 Å². The molecule has 0 unspecified atom stereocenters. The third kappa shape index (κ3) is 4.75. The molecule has 0 bridgehead atoms. The highest BCUT2D eigenvalue weighted by Gasteiger charge is 2.27. The number of anilines is 1. The monoisotopic (exact) mass is 293 g/mol. The van der Waals surface area contributed by atoms with Gasteiger partial charge in [-0.2, -0.15) is 13.2 Å². The zero-order valence-electron chi connectivity index (χ0n) is 10.0. The summed E-state index contributed by atoms with van der Waals surface area (Å²) < 4.78 is 49.1. The second-order valence-corrected chi connectivity index (χ2v) is 3.84. The molecule has 0 aliphatic carbocycles. The number of halogens is 4. The fraction of sp³-hybridized carbons (Fsp3) is 0.273. The van der Waals surface area contributed by atoms with Gasteiger partial charge in [-0.1, -0.05) is 5.16 Å². The van der Waals surface area contributed by atoms with Crippen molar-refractivity contribution in [1.29, 1.82) is 0 Å². The van der Waals surface area contributed by atoms with Crippen LogP contribution in [0.15, 0.2) is 23.4 Å². The van der Waals surface area contributed by atoms with Gasteiger partial charge >= 0.3 is 6.18 Å². The molecule has 0 heterocycles. The Bertz CT molecular complexity index is 529. The van der Waals surface area contributed by atoms with E-state index < -0.39 is 36.6 Å². The highest BCUT2D eigenvalue weighted by molar-refractivity contribution is 5.99. The third-order valence-electron chi connectivity index (χ3n) is 2.27. The second kappa shape index (κ2) is 6.22. The summed E-state index contributed by atoms with van der Waals surface area (Å²) in [4.78, 5) is 11.3. The Morgan fingerprint density at radius 2 is 2.05 bits per heavy atom. The molecule has 0 fully saturated rings. The van der Waals surface area contributed by atoms with E-state index in [0.717, 1.165) is 18.2 Å². The summed E-state index contributed by atoms with van der Waals surface area (Å²) in [5.41, 5.74) is 4.97. The van der Waals surface area contributed by atoms with Crippen molar-refractivity contribution in [3.05, 3.63) is 29.6 Å². The van der Waals surface area contributed by atoms with Gasteiger partial charge in [0.25, 0.3) is 0 Å². The molecule has 9 heteroatoms. The number of hydrogen-bond donors (Lipinski definition) is 3. The third-order valence-corrected chi connectivity index (χ3v) is 2.27. The van der Waals surface area contributed by atoms with Crippen LogP contribution < -0.4 is 11.1 Å². The first-order valence-electron chi connectivity index (χ1n) is 5.37. The number of hydrogen-bond acceptors (Lipinski definition) is 3. The summed E-state index contributed by atoms with van der Waals surface area (Å²) in [6.45, 7) is 0. The molecule has 0 aliphatic rings. The number of amides is 1. The maximum atomic E-state index is 13.3. The number of carbonyl (C=O) groups is 1. The number of nitrogens with zero attached hydrogens (tertiary/aromatic N) is 1. The molecule has 0 aromatic heterocycles. The molecular formula is C11H11F4N3O2. The van der Waals surface area contributed by atoms with Crippen molar-refractivity contribution >= 4 is 17.4 Å². The lowest BCUT2D eigenvalue weighted by atomic mass is 10.1. The standard InChI is InChI=1S/C11H11F4N3O2/c12-8-2-1-6(5-7(8)10(16)18-20)17-9(19)3-4-11(13,14)15/h1-2,5,20H,3-4H2,(H2,16,18)(H,17,19). The van der Waals surface area contributed by atoms with Gasteiger partial charge in [0.2, 0.25) is 5.91 Å². The molecule has 1 aromatic rings. The fourth-order valence-electron chi connectivity index (χ4n) is 1.33. The largest absolute Gasteiger partial charge is 0.409 e. The number of nitrogens with one attached hydrogen (secondary N) is 1. The van der Waals surface area contributed by atoms with E-state index in [1.165, 1.54) is 0 Å². The lowest BCUT2D eigenvalue weighted by Gasteiger charge is -2.09. The SMILES string of the molecule is NC(=NO)c1cc(NC(=O)CCC(F)(F)F)ccc1F. The summed E-state index contributed by atoms with van der Waals surface area (Å²) in [5.74, 6) is -2.19. The van der Waals surface area contributed by atoms with Crippen LogP contribution >= 0.6 is 0 Å². The van der Waals surface area contributed by atoms with Crippen molar-refractivity contribution in [3.63, 3.8) is 0 Å². The van der Waals surface area contributed by atoms with E-state index in [2.05, 4.69) is 10.5 Å². The predicted octanol–water partition coefficient (Wildman–Crippen LogP) is 2.20. The molecule has 1 aromatic carbocycles. The quantitative estimate of drug-likeness (QED) is 0.261. The smallest absolute Gasteiger partial charge is 0.389 e. The van der Waals surface area contributed by atoms with Gasteiger partial charge in [-0.05, 0) is 18.2 Å². The van der Waals surface area contributed by atoms with Crippen LogP contribution in [-0.2, 0) is 4.79 Å². The topological polar surface area (TPSA) is 87.7 Å². The summed E-state index contributed by atoms with van der Waals surface area (Å²) in [7, 11) is 0. The number of alkyl halides is 3. The van der Waals surface area contributed by atoms with Crippen LogP contribution in [-0.4, -0.2) is 23.1 Å². The van der Waals surface area contributed by atoms with Crippen LogP contribution in [0.2, 0.25) is 0 Å². The van der Waals surface area contributed by atoms with Crippen molar-refractivity contribution in [2.75, 3.05) is 5.32 Å². The molecule has 1 rings (SSSR count). The maximum Gasteiger partial charge on any atom is 0.389 e. The normalized spacial score (nSPS) is 12.3. The van der Waals surface area contributed by atoms with Gasteiger partial charge in [0.05, 0.1) is 12.0 Å². The summed E-state index contributed by atoms with van der Waals surface area (Å²) in [5, 5.41) is 13.2. The number of rotatable bonds is 4. The summed E-state index contributed by atoms with van der Waals surface area (Å²) in [6, 6.07) is 3.14. The predicted molar refractivity (Wildman–Crippen MR) is 62.8 cm³/mol. The van der Waals surface area contributed by atoms with Crippen molar-refractivity contribution in [2.45, 2.75) is 19.0 Å². The highest BCUT2D eigenvalue weighted by Crippen LogP contribution is 2.22. The minimum atomic E-state index is -4.43. The Kier molecular flexibility index (Phi) is 4.89. The van der Waals surface area contributed by atoms with Crippen LogP contribution in [0.25, 0.3) is 0 Å². The molecular weight excluding hydrogens is 282 g/mol. The summed E-state index contributed by atoms with van der Waals surface area (Å²) >= 11 is 0. The average molecular weight is 293 g/mol. The fourth-order valence-corrected chi connectivity index (χ4v) is 1.33. The molecule has 0 aliphatic heterocycles. The average Bonchev–Trinajstić information content (AvgIpc) is 2.37. The molecule has 0 atom stereocenters. The van der Waals surface area contributed by atoms with Gasteiger partial charge in [0.15, 0.2) is 5.84 Å². The molecule has 0 spiro atoms. The molecule has 5 nitrogen and oxygen atoms in total. The Hall–Kier alpha value is -2.32. The minimum absolute atomic E-state index is 0.0418. The molecule has 110 valence electrons. The molecule has 0 saturated heterocycles. The zero-order valence-corrected chi connectivity index (χ0v) is 10.0. The van der Waals surface area contributed by atoms with E-state index in [9.17, 15) is 22.4 Å². The van der Waals surface area contributed by atoms with E-state index >= 15 is 0 Å². The van der Waals surface area contributed by atoms with Gasteiger partial charge in [0, 0.05) is 12.1 Å². The minimum Gasteiger partial charge on any atom is -0.409 e. The van der Waals surface area contributed by atoms with Gasteiger partial charge in [-0.15, -0.1) is 0 Å². The lowest BCUT2D eigenvalue weighted by Crippen LogP contribution is -2.18. The first kappa shape index (κ1) is 15.7. The number of nitrogens with two attached hydrogens (primary N) is 1. The van der Waals surface area contributed by atoms with Gasteiger partial charge in [0.1, 0.15) is 5.82 Å². The zero-order chi connectivity index (χ0) is 15.3. The van der Waals surface area contributed by atoms with Crippen molar-refractivity contribution < 1.29 is 27.6 Å². The van der Waals surface area contributed by atoms with Crippen molar-refractivity contribution in [3.8, 4) is 0 Å². The van der Waals surface area contributed by atoms with Crippen molar-refractivity contribution in [2.24, 2.45) is 10.9 Å². The number of carbonyl (C=O) groups excluding carboxylic acids is 1. The first-order chi connectivity index (χ1) is 9.23. The van der Waals surface area contributed by atoms with Crippen LogP contribution in [0.4, 0.5) is 23.2 Å². The molecule has 0 radical (unpaired) electrons. The van der Waals surface area contributed by atoms with Crippen molar-refractivity contribution in [1.82, 2.24) is 0 Å². The number of amidine groups is 1. The Balaban J connectivity index is 2.76. The molecule has 4 N–H and O–H groups in total. The van der Waals surface area contributed by atoms with Crippen LogP contribution in [0, 0.1) is 5.82 Å². The molecule has 1 amide bonds. The van der Waals surface area contributed by atoms with E-state index in [4.69, 9.17) is 10.9 Å². The first-order valence-corrected chi connectivity index (χ1v) is 5.37. The number of benzene rings is 1. The lowest BCUT2D eigenvalue weighted by molar-refractivity contribution is -0.142. The highest BCUT2D eigenvalue weighted by atomic mass is 19.4. The molecule has 20 heavy (non-hydrogen) atoms. The second-order valence-electron chi connectivity index (χ2n) is 3.84. The van der Waals surface area contributed by atoms with Gasteiger partial charge in [-0.3, -0.25) is 4.79 Å². The van der Waals surface area contributed by atoms with Gasteiger partial charge in [-0.25, -0.2) is 4.39 Å². The Morgan fingerprint density at radius 3 is 2.60 bits per heavy atom. The number of oxime groups is 1. The molecule has 0 saturated carbocycles. The van der Waals surface area contributed by atoms with Crippen LogP contribution in [0.5, 0.6) is 0 Å². The van der Waals surface area contributed by atoms with Gasteiger partial charge < -0.3 is 16.3 Å². The Labute approximate surface area is 111 Å². The Morgan fingerprint density at radius 1 is 1.40 bits per heavy atom. The maximum absolute atomic E-state index is 13.3. The van der Waals surface area contributed by atoms with E-state index in [-0.39, 0.29) is 11.3 Å². The van der Waals surface area contributed by atoms with Crippen LogP contribution in [0.1, 0.15) is 18.4 Å².